The second-order valence-corrected chi connectivity index (χ2v) is 5.02. The molecule has 110 valence electrons. The van der Waals surface area contributed by atoms with Gasteiger partial charge < -0.3 is 9.47 Å². The van der Waals surface area contributed by atoms with E-state index in [0.717, 1.165) is 32.4 Å². The maximum atomic E-state index is 12.3. The number of piperidine rings is 1. The second-order valence-electron chi connectivity index (χ2n) is 5.02. The van der Waals surface area contributed by atoms with Gasteiger partial charge in [-0.2, -0.15) is 0 Å². The molecule has 5 nitrogen and oxygen atoms in total. The fraction of sp³-hybridized carbons (Fsp3) is 0.857. The van der Waals surface area contributed by atoms with Crippen LogP contribution in [0.3, 0.4) is 0 Å². The van der Waals surface area contributed by atoms with Crippen LogP contribution in [0.15, 0.2) is 0 Å². The molecule has 0 N–H and O–H groups in total. The molecule has 0 saturated carbocycles. The van der Waals surface area contributed by atoms with E-state index in [1.165, 1.54) is 14.2 Å². The summed E-state index contributed by atoms with van der Waals surface area (Å²) in [6.45, 7) is 5.90. The minimum absolute atomic E-state index is 0.138. The number of esters is 2. The van der Waals surface area contributed by atoms with Crippen LogP contribution < -0.4 is 0 Å². The standard InChI is InChI=1S/C14H25NO4/c1-5-9-15-10-7-8-14(11(15)6-2,12(16)18-3)13(17)19-4/h11H,5-10H2,1-4H3. The number of likely N-dealkylation sites (tertiary alicyclic amines) is 1. The van der Waals surface area contributed by atoms with Crippen LogP contribution in [0.4, 0.5) is 0 Å². The molecule has 0 amide bonds. The number of ether oxygens (including phenoxy) is 2. The zero-order valence-corrected chi connectivity index (χ0v) is 12.4. The molecule has 0 spiro atoms. The maximum Gasteiger partial charge on any atom is 0.324 e. The van der Waals surface area contributed by atoms with Crippen LogP contribution in [0.25, 0.3) is 0 Å². The molecule has 0 aromatic carbocycles. The van der Waals surface area contributed by atoms with Crippen molar-refractivity contribution in [2.24, 2.45) is 5.41 Å². The number of carbonyl (C=O) groups excluding carboxylic acids is 2. The fourth-order valence-corrected chi connectivity index (χ4v) is 3.28. The summed E-state index contributed by atoms with van der Waals surface area (Å²) in [6.07, 6.45) is 3.03. The van der Waals surface area contributed by atoms with Crippen molar-refractivity contribution in [3.63, 3.8) is 0 Å². The van der Waals surface area contributed by atoms with Gasteiger partial charge in [0.25, 0.3) is 0 Å². The number of hydrogen-bond donors (Lipinski definition) is 0. The molecule has 1 rings (SSSR count). The van der Waals surface area contributed by atoms with Gasteiger partial charge in [-0.25, -0.2) is 0 Å². The molecule has 1 saturated heterocycles. The molecule has 0 aliphatic carbocycles. The molecular weight excluding hydrogens is 246 g/mol. The minimum atomic E-state index is -1.16. The molecule has 19 heavy (non-hydrogen) atoms. The molecule has 1 aliphatic heterocycles. The molecule has 1 aliphatic rings. The van der Waals surface area contributed by atoms with Crippen LogP contribution in [-0.4, -0.2) is 50.2 Å². The first-order valence-electron chi connectivity index (χ1n) is 6.99. The molecule has 1 unspecified atom stereocenters. The molecule has 0 radical (unpaired) electrons. The third-order valence-corrected chi connectivity index (χ3v) is 4.02. The predicted octanol–water partition coefficient (Wildman–Crippen LogP) is 1.60. The average Bonchev–Trinajstić information content (AvgIpc) is 2.45. The summed E-state index contributed by atoms with van der Waals surface area (Å²) < 4.78 is 9.82. The monoisotopic (exact) mass is 271 g/mol. The van der Waals surface area contributed by atoms with Gasteiger partial charge in [0.1, 0.15) is 0 Å². The van der Waals surface area contributed by atoms with Crippen LogP contribution in [0, 0.1) is 5.41 Å². The number of methoxy groups -OCH3 is 2. The van der Waals surface area contributed by atoms with Gasteiger partial charge in [0, 0.05) is 6.04 Å². The first-order valence-corrected chi connectivity index (χ1v) is 6.99. The normalized spacial score (nSPS) is 22.8. The van der Waals surface area contributed by atoms with E-state index in [2.05, 4.69) is 11.8 Å². The van der Waals surface area contributed by atoms with Crippen LogP contribution in [-0.2, 0) is 19.1 Å². The summed E-state index contributed by atoms with van der Waals surface area (Å²) in [5.74, 6) is -0.931. The van der Waals surface area contributed by atoms with Crippen molar-refractivity contribution >= 4 is 11.9 Å². The molecule has 0 bridgehead atoms. The highest BCUT2D eigenvalue weighted by molar-refractivity contribution is 6.01. The molecular formula is C14H25NO4. The van der Waals surface area contributed by atoms with Crippen molar-refractivity contribution in [1.29, 1.82) is 0 Å². The first kappa shape index (κ1) is 16.0. The molecule has 0 aromatic heterocycles. The van der Waals surface area contributed by atoms with Gasteiger partial charge in [0.2, 0.25) is 0 Å². The Morgan fingerprint density at radius 1 is 1.21 bits per heavy atom. The minimum Gasteiger partial charge on any atom is -0.468 e. The quantitative estimate of drug-likeness (QED) is 0.561. The van der Waals surface area contributed by atoms with Crippen LogP contribution in [0.2, 0.25) is 0 Å². The third kappa shape index (κ3) is 2.76. The smallest absolute Gasteiger partial charge is 0.324 e. The highest BCUT2D eigenvalue weighted by atomic mass is 16.5. The molecule has 0 aromatic rings. The molecule has 1 atom stereocenters. The van der Waals surface area contributed by atoms with Crippen molar-refractivity contribution in [3.8, 4) is 0 Å². The summed E-state index contributed by atoms with van der Waals surface area (Å²) in [5, 5.41) is 0. The van der Waals surface area contributed by atoms with Gasteiger partial charge in [0.05, 0.1) is 14.2 Å². The summed E-state index contributed by atoms with van der Waals surface area (Å²) in [4.78, 5) is 26.7. The van der Waals surface area contributed by atoms with Gasteiger partial charge in [0.15, 0.2) is 5.41 Å². The topological polar surface area (TPSA) is 55.8 Å². The lowest BCUT2D eigenvalue weighted by molar-refractivity contribution is -0.179. The molecule has 1 fully saturated rings. The third-order valence-electron chi connectivity index (χ3n) is 4.02. The Hall–Kier alpha value is -1.10. The van der Waals surface area contributed by atoms with Crippen LogP contribution >= 0.6 is 0 Å². The van der Waals surface area contributed by atoms with Gasteiger partial charge in [-0.05, 0) is 38.8 Å². The van der Waals surface area contributed by atoms with Crippen molar-refractivity contribution in [2.45, 2.75) is 45.6 Å². The zero-order valence-electron chi connectivity index (χ0n) is 12.4. The lowest BCUT2D eigenvalue weighted by Gasteiger charge is -2.46. The van der Waals surface area contributed by atoms with Crippen molar-refractivity contribution in [3.05, 3.63) is 0 Å². The van der Waals surface area contributed by atoms with Gasteiger partial charge in [-0.15, -0.1) is 0 Å². The van der Waals surface area contributed by atoms with Crippen molar-refractivity contribution in [2.75, 3.05) is 27.3 Å². The van der Waals surface area contributed by atoms with E-state index in [1.807, 2.05) is 6.92 Å². The highest BCUT2D eigenvalue weighted by Crippen LogP contribution is 2.40. The highest BCUT2D eigenvalue weighted by Gasteiger charge is 2.56. The van der Waals surface area contributed by atoms with E-state index in [9.17, 15) is 9.59 Å². The van der Waals surface area contributed by atoms with Crippen molar-refractivity contribution in [1.82, 2.24) is 4.90 Å². The second kappa shape index (κ2) is 6.89. The van der Waals surface area contributed by atoms with Crippen LogP contribution in [0.1, 0.15) is 39.5 Å². The summed E-state index contributed by atoms with van der Waals surface area (Å²) in [6, 6.07) is -0.138. The van der Waals surface area contributed by atoms with Crippen LogP contribution in [0.5, 0.6) is 0 Å². The Bertz CT molecular complexity index is 311. The fourth-order valence-electron chi connectivity index (χ4n) is 3.28. The Labute approximate surface area is 115 Å². The van der Waals surface area contributed by atoms with E-state index in [-0.39, 0.29) is 6.04 Å². The Kier molecular flexibility index (Phi) is 5.79. The number of nitrogens with zero attached hydrogens (tertiary/aromatic N) is 1. The molecule has 5 heteroatoms. The predicted molar refractivity (Wildman–Crippen MR) is 71.6 cm³/mol. The Balaban J connectivity index is 3.17. The van der Waals surface area contributed by atoms with E-state index in [1.54, 1.807) is 0 Å². The summed E-state index contributed by atoms with van der Waals surface area (Å²) in [5.41, 5.74) is -1.16. The SMILES string of the molecule is CCCN1CCCC(C(=O)OC)(C(=O)OC)C1CC. The van der Waals surface area contributed by atoms with Gasteiger partial charge in [-0.1, -0.05) is 13.8 Å². The zero-order chi connectivity index (χ0) is 14.5. The number of carbonyl (C=O) groups is 2. The first-order chi connectivity index (χ1) is 9.08. The summed E-state index contributed by atoms with van der Waals surface area (Å²) in [7, 11) is 2.66. The lowest BCUT2D eigenvalue weighted by atomic mass is 9.71. The van der Waals surface area contributed by atoms with Gasteiger partial charge >= 0.3 is 11.9 Å². The van der Waals surface area contributed by atoms with E-state index in [4.69, 9.17) is 9.47 Å². The summed E-state index contributed by atoms with van der Waals surface area (Å²) >= 11 is 0. The average molecular weight is 271 g/mol. The van der Waals surface area contributed by atoms with E-state index >= 15 is 0 Å². The Morgan fingerprint density at radius 3 is 2.21 bits per heavy atom. The largest absolute Gasteiger partial charge is 0.468 e. The van der Waals surface area contributed by atoms with Gasteiger partial charge in [-0.3, -0.25) is 14.5 Å². The van der Waals surface area contributed by atoms with Crippen molar-refractivity contribution < 1.29 is 19.1 Å². The molecule has 1 heterocycles. The Morgan fingerprint density at radius 2 is 1.79 bits per heavy atom. The number of rotatable bonds is 5. The lowest BCUT2D eigenvalue weighted by Crippen LogP contribution is -2.60. The number of hydrogen-bond acceptors (Lipinski definition) is 5. The van der Waals surface area contributed by atoms with E-state index < -0.39 is 17.4 Å². The maximum absolute atomic E-state index is 12.3. The van der Waals surface area contributed by atoms with E-state index in [0.29, 0.717) is 6.42 Å².